The van der Waals surface area contributed by atoms with Crippen LogP contribution in [0.1, 0.15) is 42.4 Å². The van der Waals surface area contributed by atoms with Crippen LogP contribution >= 0.6 is 0 Å². The summed E-state index contributed by atoms with van der Waals surface area (Å²) in [6.07, 6.45) is 1.69. The zero-order valence-electron chi connectivity index (χ0n) is 18.5. The first kappa shape index (κ1) is 22.8. The number of ether oxygens (including phenoxy) is 3. The molecule has 0 saturated carbocycles. The van der Waals surface area contributed by atoms with E-state index in [1.165, 1.54) is 0 Å². The van der Waals surface area contributed by atoms with Gasteiger partial charge in [0.05, 0.1) is 25.5 Å². The molecule has 1 aromatic heterocycles. The number of nitrogens with zero attached hydrogens (tertiary/aromatic N) is 2. The maximum absolute atomic E-state index is 13.0. The van der Waals surface area contributed by atoms with Gasteiger partial charge in [0.15, 0.2) is 11.5 Å². The van der Waals surface area contributed by atoms with Crippen molar-refractivity contribution in [3.8, 4) is 17.2 Å². The summed E-state index contributed by atoms with van der Waals surface area (Å²) in [5, 5.41) is 4.39. The van der Waals surface area contributed by atoms with Crippen molar-refractivity contribution in [3.05, 3.63) is 83.7 Å². The Labute approximate surface area is 188 Å². The summed E-state index contributed by atoms with van der Waals surface area (Å²) in [7, 11) is 0. The van der Waals surface area contributed by atoms with Gasteiger partial charge in [-0.1, -0.05) is 36.4 Å². The number of hydrazone groups is 1. The molecule has 3 rings (SSSR count). The summed E-state index contributed by atoms with van der Waals surface area (Å²) in [6.45, 7) is 6.90. The molecule has 0 radical (unpaired) electrons. The third-order valence-electron chi connectivity index (χ3n) is 4.40. The SMILES string of the molecule is CCOc1cc(C(=O)N/N=C(\c2ccccc2)c2ccccn2)cc(OCC)c1OCC. The van der Waals surface area contributed by atoms with Crippen molar-refractivity contribution in [3.63, 3.8) is 0 Å². The van der Waals surface area contributed by atoms with E-state index in [-0.39, 0.29) is 0 Å². The molecular weight excluding hydrogens is 406 g/mol. The highest BCUT2D eigenvalue weighted by Gasteiger charge is 2.19. The van der Waals surface area contributed by atoms with Crippen LogP contribution in [0.4, 0.5) is 0 Å². The molecule has 1 heterocycles. The van der Waals surface area contributed by atoms with Gasteiger partial charge in [-0.3, -0.25) is 9.78 Å². The normalized spacial score (nSPS) is 11.0. The fourth-order valence-electron chi connectivity index (χ4n) is 3.06. The molecule has 0 spiro atoms. The second-order valence-corrected chi connectivity index (χ2v) is 6.58. The molecule has 0 bridgehead atoms. The lowest BCUT2D eigenvalue weighted by Gasteiger charge is -2.16. The Morgan fingerprint density at radius 2 is 1.47 bits per heavy atom. The van der Waals surface area contributed by atoms with E-state index in [4.69, 9.17) is 14.2 Å². The lowest BCUT2D eigenvalue weighted by Crippen LogP contribution is -2.21. The van der Waals surface area contributed by atoms with Crippen molar-refractivity contribution in [2.75, 3.05) is 19.8 Å². The fraction of sp³-hybridized carbons (Fsp3) is 0.240. The van der Waals surface area contributed by atoms with Gasteiger partial charge in [0.25, 0.3) is 5.91 Å². The second-order valence-electron chi connectivity index (χ2n) is 6.58. The van der Waals surface area contributed by atoms with Gasteiger partial charge in [0.1, 0.15) is 5.71 Å². The number of carbonyl (C=O) groups excluding carboxylic acids is 1. The molecule has 2 aromatic carbocycles. The van der Waals surface area contributed by atoms with Gasteiger partial charge in [-0.15, -0.1) is 0 Å². The Hall–Kier alpha value is -3.87. The molecule has 0 aliphatic carbocycles. The van der Waals surface area contributed by atoms with Crippen LogP contribution in [0.25, 0.3) is 0 Å². The highest BCUT2D eigenvalue weighted by molar-refractivity contribution is 6.12. The highest BCUT2D eigenvalue weighted by atomic mass is 16.5. The first-order valence-corrected chi connectivity index (χ1v) is 10.6. The van der Waals surface area contributed by atoms with Gasteiger partial charge in [-0.25, -0.2) is 5.43 Å². The van der Waals surface area contributed by atoms with Crippen molar-refractivity contribution >= 4 is 11.6 Å². The number of rotatable bonds is 10. The average molecular weight is 434 g/mol. The number of pyridine rings is 1. The number of aromatic nitrogens is 1. The molecule has 0 fully saturated rings. The largest absolute Gasteiger partial charge is 0.490 e. The predicted molar refractivity (Wildman–Crippen MR) is 124 cm³/mol. The Balaban J connectivity index is 1.96. The molecule has 32 heavy (non-hydrogen) atoms. The quantitative estimate of drug-likeness (QED) is 0.377. The maximum atomic E-state index is 13.0. The van der Waals surface area contributed by atoms with Crippen LogP contribution in [-0.4, -0.2) is 36.4 Å². The van der Waals surface area contributed by atoms with Crippen LogP contribution in [0.2, 0.25) is 0 Å². The summed E-state index contributed by atoms with van der Waals surface area (Å²) in [5.41, 5.74) is 5.03. The molecule has 7 nitrogen and oxygen atoms in total. The zero-order valence-corrected chi connectivity index (χ0v) is 18.5. The Bertz CT molecular complexity index is 985. The minimum absolute atomic E-state index is 0.345. The van der Waals surface area contributed by atoms with E-state index >= 15 is 0 Å². The second kappa shape index (κ2) is 11.5. The van der Waals surface area contributed by atoms with Gasteiger partial charge in [0, 0.05) is 17.3 Å². The van der Waals surface area contributed by atoms with Gasteiger partial charge < -0.3 is 14.2 Å². The van der Waals surface area contributed by atoms with Crippen molar-refractivity contribution in [1.82, 2.24) is 10.4 Å². The Kier molecular flexibility index (Phi) is 8.20. The lowest BCUT2D eigenvalue weighted by atomic mass is 10.1. The number of carbonyl (C=O) groups is 1. The van der Waals surface area contributed by atoms with E-state index in [1.54, 1.807) is 18.3 Å². The summed E-state index contributed by atoms with van der Waals surface area (Å²) in [4.78, 5) is 17.4. The maximum Gasteiger partial charge on any atom is 0.271 e. The van der Waals surface area contributed by atoms with Crippen molar-refractivity contribution in [2.45, 2.75) is 20.8 Å². The Morgan fingerprint density at radius 1 is 0.844 bits per heavy atom. The first-order valence-electron chi connectivity index (χ1n) is 10.6. The van der Waals surface area contributed by atoms with Crippen LogP contribution < -0.4 is 19.6 Å². The summed E-state index contributed by atoms with van der Waals surface area (Å²) >= 11 is 0. The Morgan fingerprint density at radius 3 is 2.03 bits per heavy atom. The van der Waals surface area contributed by atoms with Crippen LogP contribution in [-0.2, 0) is 0 Å². The van der Waals surface area contributed by atoms with Crippen molar-refractivity contribution < 1.29 is 19.0 Å². The fourth-order valence-corrected chi connectivity index (χ4v) is 3.06. The third kappa shape index (κ3) is 5.63. The van der Waals surface area contributed by atoms with E-state index in [9.17, 15) is 4.79 Å². The number of amides is 1. The summed E-state index contributed by atoms with van der Waals surface area (Å²) < 4.78 is 17.1. The molecule has 1 amide bonds. The average Bonchev–Trinajstić information content (AvgIpc) is 2.82. The van der Waals surface area contributed by atoms with Crippen LogP contribution in [0.3, 0.4) is 0 Å². The van der Waals surface area contributed by atoms with Crippen LogP contribution in [0, 0.1) is 0 Å². The van der Waals surface area contributed by atoms with Crippen LogP contribution in [0.15, 0.2) is 72.0 Å². The van der Waals surface area contributed by atoms with Crippen LogP contribution in [0.5, 0.6) is 17.2 Å². The summed E-state index contributed by atoms with van der Waals surface area (Å²) in [6, 6.07) is 18.4. The lowest BCUT2D eigenvalue weighted by molar-refractivity contribution is 0.0953. The molecule has 7 heteroatoms. The molecule has 0 saturated heterocycles. The molecule has 3 aromatic rings. The molecule has 166 valence electrons. The molecule has 0 aliphatic rings. The van der Waals surface area contributed by atoms with Gasteiger partial charge >= 0.3 is 0 Å². The molecule has 0 unspecified atom stereocenters. The standard InChI is InChI=1S/C25H27N3O4/c1-4-30-21-16-19(17-22(31-5-2)24(21)32-6-3)25(29)28-27-23(18-12-8-7-9-13-18)20-14-10-11-15-26-20/h7-17H,4-6H2,1-3H3,(H,28,29)/b27-23+. The molecule has 1 N–H and O–H groups in total. The van der Waals surface area contributed by atoms with E-state index in [2.05, 4.69) is 15.5 Å². The number of hydrogen-bond donors (Lipinski definition) is 1. The number of benzene rings is 2. The summed E-state index contributed by atoms with van der Waals surface area (Å²) in [5.74, 6) is 0.971. The van der Waals surface area contributed by atoms with E-state index in [0.717, 1.165) is 5.56 Å². The topological polar surface area (TPSA) is 82.0 Å². The van der Waals surface area contributed by atoms with E-state index in [0.29, 0.717) is 54.0 Å². The number of hydrogen-bond acceptors (Lipinski definition) is 6. The highest BCUT2D eigenvalue weighted by Crippen LogP contribution is 2.39. The van der Waals surface area contributed by atoms with Gasteiger partial charge in [-0.05, 0) is 45.0 Å². The molecular formula is C25H27N3O4. The first-order chi connectivity index (χ1) is 15.7. The monoisotopic (exact) mass is 433 g/mol. The van der Waals surface area contributed by atoms with Crippen molar-refractivity contribution in [2.24, 2.45) is 5.10 Å². The van der Waals surface area contributed by atoms with E-state index < -0.39 is 5.91 Å². The van der Waals surface area contributed by atoms with E-state index in [1.807, 2.05) is 69.3 Å². The van der Waals surface area contributed by atoms with Crippen molar-refractivity contribution in [1.29, 1.82) is 0 Å². The third-order valence-corrected chi connectivity index (χ3v) is 4.40. The molecule has 0 aliphatic heterocycles. The smallest absolute Gasteiger partial charge is 0.271 e. The minimum atomic E-state index is -0.403. The minimum Gasteiger partial charge on any atom is -0.490 e. The van der Waals surface area contributed by atoms with Gasteiger partial charge in [0.2, 0.25) is 5.75 Å². The number of nitrogens with one attached hydrogen (secondary N) is 1. The van der Waals surface area contributed by atoms with Gasteiger partial charge in [-0.2, -0.15) is 5.10 Å². The molecule has 0 atom stereocenters. The zero-order chi connectivity index (χ0) is 22.8. The predicted octanol–water partition coefficient (Wildman–Crippen LogP) is 4.46.